The molecule has 176 valence electrons. The van der Waals surface area contributed by atoms with Crippen molar-refractivity contribution < 1.29 is 48.9 Å². The monoisotopic (exact) mass is 460 g/mol. The van der Waals surface area contributed by atoms with Gasteiger partial charge >= 0.3 is 5.97 Å². The van der Waals surface area contributed by atoms with E-state index in [1.54, 1.807) is 37.5 Å². The summed E-state index contributed by atoms with van der Waals surface area (Å²) in [6, 6.07) is 10.0. The van der Waals surface area contributed by atoms with Gasteiger partial charge in [0, 0.05) is 12.1 Å². The van der Waals surface area contributed by atoms with Crippen LogP contribution in [0, 0.1) is 0 Å². The van der Waals surface area contributed by atoms with Crippen molar-refractivity contribution in [3.63, 3.8) is 0 Å². The number of hydrogen-bond acceptors (Lipinski definition) is 10. The molecule has 0 radical (unpaired) electrons. The summed E-state index contributed by atoms with van der Waals surface area (Å²) < 4.78 is 27.0. The highest BCUT2D eigenvalue weighted by Gasteiger charge is 2.45. The number of esters is 1. The highest BCUT2D eigenvalue weighted by atomic mass is 16.7. The summed E-state index contributed by atoms with van der Waals surface area (Å²) in [5.74, 6) is 0.674. The Morgan fingerprint density at radius 2 is 1.70 bits per heavy atom. The van der Waals surface area contributed by atoms with Gasteiger partial charge in [-0.15, -0.1) is 0 Å². The lowest BCUT2D eigenvalue weighted by atomic mass is 9.99. The first-order valence-corrected chi connectivity index (χ1v) is 10.1. The lowest BCUT2D eigenvalue weighted by Crippen LogP contribution is -2.60. The van der Waals surface area contributed by atoms with Crippen molar-refractivity contribution in [1.82, 2.24) is 0 Å². The molecule has 2 heterocycles. The molecule has 0 amide bonds. The van der Waals surface area contributed by atoms with E-state index in [2.05, 4.69) is 0 Å². The molecule has 1 saturated heterocycles. The van der Waals surface area contributed by atoms with Gasteiger partial charge in [-0.1, -0.05) is 12.1 Å². The molecule has 0 aromatic heterocycles. The predicted molar refractivity (Wildman–Crippen MR) is 114 cm³/mol. The lowest BCUT2D eigenvalue weighted by Gasteiger charge is -2.39. The Hall–Kier alpha value is -3.15. The van der Waals surface area contributed by atoms with E-state index < -0.39 is 43.3 Å². The Morgan fingerprint density at radius 1 is 0.970 bits per heavy atom. The van der Waals surface area contributed by atoms with Crippen molar-refractivity contribution in [3.05, 3.63) is 47.5 Å². The van der Waals surface area contributed by atoms with E-state index in [0.717, 1.165) is 5.56 Å². The molecule has 0 saturated carbocycles. The van der Waals surface area contributed by atoms with Crippen LogP contribution in [0.5, 0.6) is 23.0 Å². The summed E-state index contributed by atoms with van der Waals surface area (Å²) in [5, 5.41) is 39.4. The molecule has 0 aliphatic carbocycles. The second-order valence-electron chi connectivity index (χ2n) is 7.53. The quantitative estimate of drug-likeness (QED) is 0.271. The van der Waals surface area contributed by atoms with Crippen molar-refractivity contribution in [3.8, 4) is 23.0 Å². The van der Waals surface area contributed by atoms with Crippen molar-refractivity contribution in [2.24, 2.45) is 0 Å². The Kier molecular flexibility index (Phi) is 6.54. The first kappa shape index (κ1) is 23.0. The molecule has 0 spiro atoms. The number of aliphatic hydroxyl groups excluding tert-OH is 4. The molecule has 0 bridgehead atoms. The topological polar surface area (TPSA) is 144 Å². The number of carbonyl (C=O) groups excluding carboxylic acids is 1. The first-order chi connectivity index (χ1) is 15.9. The summed E-state index contributed by atoms with van der Waals surface area (Å²) >= 11 is 0. The van der Waals surface area contributed by atoms with Gasteiger partial charge in [0.1, 0.15) is 47.4 Å². The number of carbonyl (C=O) groups is 1. The van der Waals surface area contributed by atoms with E-state index in [0.29, 0.717) is 11.3 Å². The number of ether oxygens (including phenoxy) is 5. The Bertz CT molecular complexity index is 1050. The number of benzene rings is 2. The molecule has 4 N–H and O–H groups in total. The van der Waals surface area contributed by atoms with Gasteiger partial charge in [-0.3, -0.25) is 0 Å². The van der Waals surface area contributed by atoms with Crippen LogP contribution in [0.25, 0.3) is 11.6 Å². The van der Waals surface area contributed by atoms with Gasteiger partial charge in [-0.05, 0) is 23.8 Å². The zero-order chi connectivity index (χ0) is 23.7. The number of fused-ring (bicyclic) bond motifs is 1. The highest BCUT2D eigenvalue weighted by molar-refractivity contribution is 6.26. The third-order valence-corrected chi connectivity index (χ3v) is 5.48. The van der Waals surface area contributed by atoms with E-state index in [1.807, 2.05) is 0 Å². The van der Waals surface area contributed by atoms with Crippen LogP contribution in [0.1, 0.15) is 11.1 Å². The molecule has 5 atom stereocenters. The Morgan fingerprint density at radius 3 is 2.33 bits per heavy atom. The van der Waals surface area contributed by atoms with Crippen LogP contribution in [0.15, 0.2) is 36.4 Å². The maximum Gasteiger partial charge on any atom is 0.344 e. The lowest BCUT2D eigenvalue weighted by molar-refractivity contribution is -0.277. The van der Waals surface area contributed by atoms with Crippen LogP contribution in [-0.2, 0) is 9.53 Å². The van der Waals surface area contributed by atoms with Crippen molar-refractivity contribution >= 4 is 17.6 Å². The summed E-state index contributed by atoms with van der Waals surface area (Å²) in [6.07, 6.45) is -5.54. The van der Waals surface area contributed by atoms with Gasteiger partial charge in [-0.2, -0.15) is 0 Å². The second-order valence-corrected chi connectivity index (χ2v) is 7.53. The predicted octanol–water partition coefficient (Wildman–Crippen LogP) is 0.342. The third kappa shape index (κ3) is 4.39. The van der Waals surface area contributed by atoms with Crippen molar-refractivity contribution in [2.75, 3.05) is 20.8 Å². The Labute approximate surface area is 189 Å². The van der Waals surface area contributed by atoms with E-state index >= 15 is 0 Å². The van der Waals surface area contributed by atoms with E-state index in [9.17, 15) is 25.2 Å². The molecule has 2 aliphatic rings. The largest absolute Gasteiger partial charge is 0.497 e. The molecule has 4 rings (SSSR count). The fraction of sp³-hybridized carbons (Fsp3) is 0.348. The van der Waals surface area contributed by atoms with Gasteiger partial charge in [0.2, 0.25) is 6.29 Å². The fourth-order valence-corrected chi connectivity index (χ4v) is 3.69. The molecular weight excluding hydrogens is 436 g/mol. The van der Waals surface area contributed by atoms with Gasteiger partial charge < -0.3 is 44.1 Å². The van der Waals surface area contributed by atoms with Crippen LogP contribution in [0.4, 0.5) is 0 Å². The normalized spacial score (nSPS) is 27.8. The minimum Gasteiger partial charge on any atom is -0.497 e. The molecule has 10 heteroatoms. The zero-order valence-corrected chi connectivity index (χ0v) is 17.9. The highest BCUT2D eigenvalue weighted by Crippen LogP contribution is 2.45. The number of hydrogen-bond donors (Lipinski definition) is 4. The number of methoxy groups -OCH3 is 2. The summed E-state index contributed by atoms with van der Waals surface area (Å²) in [4.78, 5) is 12.6. The zero-order valence-electron chi connectivity index (χ0n) is 17.9. The van der Waals surface area contributed by atoms with Gasteiger partial charge in [0.15, 0.2) is 0 Å². The standard InChI is InChI=1S/C23H24O10/c1-29-12-5-3-11(4-6-12)7-14-18-15(30-2)8-13(9-16(18)32-22(14)28)31-23-21(27)20(26)19(25)17(10-24)33-23/h3-9,17,19-21,23-27H,10H2,1-2H3. The molecule has 2 aromatic carbocycles. The van der Waals surface area contributed by atoms with E-state index in [4.69, 9.17) is 23.7 Å². The van der Waals surface area contributed by atoms with Crippen LogP contribution in [-0.4, -0.2) is 77.9 Å². The van der Waals surface area contributed by atoms with Gasteiger partial charge in [-0.25, -0.2) is 4.79 Å². The van der Waals surface area contributed by atoms with Crippen molar-refractivity contribution in [2.45, 2.75) is 30.7 Å². The summed E-state index contributed by atoms with van der Waals surface area (Å²) in [7, 11) is 2.98. The average molecular weight is 460 g/mol. The first-order valence-electron chi connectivity index (χ1n) is 10.1. The molecule has 33 heavy (non-hydrogen) atoms. The minimum absolute atomic E-state index is 0.119. The third-order valence-electron chi connectivity index (χ3n) is 5.48. The van der Waals surface area contributed by atoms with Crippen LogP contribution in [0.2, 0.25) is 0 Å². The second kappa shape index (κ2) is 9.38. The maximum absolute atomic E-state index is 12.6. The number of rotatable bonds is 6. The number of aliphatic hydroxyl groups is 4. The average Bonchev–Trinajstić information content (AvgIpc) is 3.14. The summed E-state index contributed by atoms with van der Waals surface area (Å²) in [5.41, 5.74) is 1.46. The SMILES string of the molecule is COc1ccc(C=C2C(=O)Oc3cc(OC4OC(CO)C(O)C(O)C4O)cc(OC)c32)cc1. The smallest absolute Gasteiger partial charge is 0.344 e. The summed E-state index contributed by atoms with van der Waals surface area (Å²) in [6.45, 7) is -0.588. The molecule has 1 fully saturated rings. The molecular formula is C23H24O10. The van der Waals surface area contributed by atoms with Gasteiger partial charge in [0.05, 0.1) is 32.0 Å². The molecule has 5 unspecified atom stereocenters. The molecule has 2 aromatic rings. The maximum atomic E-state index is 12.6. The van der Waals surface area contributed by atoms with Crippen LogP contribution in [0.3, 0.4) is 0 Å². The van der Waals surface area contributed by atoms with Crippen LogP contribution < -0.4 is 18.9 Å². The Balaban J connectivity index is 1.64. The van der Waals surface area contributed by atoms with E-state index in [1.165, 1.54) is 19.2 Å². The molecule has 2 aliphatic heterocycles. The van der Waals surface area contributed by atoms with Crippen LogP contribution >= 0.6 is 0 Å². The van der Waals surface area contributed by atoms with Gasteiger partial charge in [0.25, 0.3) is 0 Å². The van der Waals surface area contributed by atoms with E-state index in [-0.39, 0.29) is 22.8 Å². The molecule has 10 nitrogen and oxygen atoms in total. The van der Waals surface area contributed by atoms with Crippen molar-refractivity contribution in [1.29, 1.82) is 0 Å². The fourth-order valence-electron chi connectivity index (χ4n) is 3.69. The minimum atomic E-state index is -1.59.